The minimum absolute atomic E-state index is 0.118. The Morgan fingerprint density at radius 3 is 2.69 bits per heavy atom. The van der Waals surface area contributed by atoms with Crippen molar-refractivity contribution in [2.75, 3.05) is 6.61 Å². The highest BCUT2D eigenvalue weighted by atomic mass is 16.5. The summed E-state index contributed by atoms with van der Waals surface area (Å²) >= 11 is 0. The molecule has 4 heteroatoms. The second kappa shape index (κ2) is 5.70. The molecule has 0 spiro atoms. The van der Waals surface area contributed by atoms with Gasteiger partial charge in [-0.2, -0.15) is 0 Å². The summed E-state index contributed by atoms with van der Waals surface area (Å²) in [7, 11) is 0. The molecule has 0 atom stereocenters. The van der Waals surface area contributed by atoms with Gasteiger partial charge in [0.05, 0.1) is 0 Å². The first-order valence-corrected chi connectivity index (χ1v) is 4.70. The maximum absolute atomic E-state index is 11.5. The Balaban J connectivity index is 2.89. The van der Waals surface area contributed by atoms with Gasteiger partial charge in [0.2, 0.25) is 0 Å². The number of rotatable bonds is 4. The molecule has 4 nitrogen and oxygen atoms in total. The van der Waals surface area contributed by atoms with Gasteiger partial charge in [0.1, 0.15) is 17.9 Å². The van der Waals surface area contributed by atoms with E-state index >= 15 is 0 Å². The van der Waals surface area contributed by atoms with Gasteiger partial charge in [0.15, 0.2) is 0 Å². The molecule has 0 bridgehead atoms. The maximum atomic E-state index is 11.5. The molecule has 16 heavy (non-hydrogen) atoms. The van der Waals surface area contributed by atoms with Crippen LogP contribution < -0.4 is 4.74 Å². The number of hydrogen-bond acceptors (Lipinski definition) is 4. The van der Waals surface area contributed by atoms with Crippen LogP contribution in [0.4, 0.5) is 0 Å². The molecule has 0 fully saturated rings. The molecular formula is C12H12O4. The normalized spacial score (nSPS) is 9.31. The predicted octanol–water partition coefficient (Wildman–Crippen LogP) is 1.95. The van der Waals surface area contributed by atoms with Crippen LogP contribution in [0.15, 0.2) is 36.9 Å². The van der Waals surface area contributed by atoms with Crippen LogP contribution in [-0.2, 0) is 9.53 Å². The molecule has 0 amide bonds. The van der Waals surface area contributed by atoms with Gasteiger partial charge in [0, 0.05) is 6.92 Å². The van der Waals surface area contributed by atoms with E-state index in [2.05, 4.69) is 6.58 Å². The SMILES string of the molecule is C=CCOC(=O)c1ccccc1OC(C)=O. The minimum Gasteiger partial charge on any atom is -0.458 e. The van der Waals surface area contributed by atoms with Crippen molar-refractivity contribution < 1.29 is 19.1 Å². The van der Waals surface area contributed by atoms with Crippen molar-refractivity contribution in [2.24, 2.45) is 0 Å². The summed E-state index contributed by atoms with van der Waals surface area (Å²) in [6.45, 7) is 4.82. The van der Waals surface area contributed by atoms with E-state index in [0.29, 0.717) is 0 Å². The lowest BCUT2D eigenvalue weighted by atomic mass is 10.2. The predicted molar refractivity (Wildman–Crippen MR) is 58.2 cm³/mol. The Hall–Kier alpha value is -2.10. The van der Waals surface area contributed by atoms with Gasteiger partial charge in [-0.1, -0.05) is 24.8 Å². The zero-order chi connectivity index (χ0) is 12.0. The molecule has 1 aromatic rings. The first-order valence-electron chi connectivity index (χ1n) is 4.70. The monoisotopic (exact) mass is 220 g/mol. The van der Waals surface area contributed by atoms with Crippen molar-refractivity contribution in [1.82, 2.24) is 0 Å². The average molecular weight is 220 g/mol. The fraction of sp³-hybridized carbons (Fsp3) is 0.167. The van der Waals surface area contributed by atoms with Crippen LogP contribution in [0.1, 0.15) is 17.3 Å². The van der Waals surface area contributed by atoms with Crippen LogP contribution in [0.3, 0.4) is 0 Å². The highest BCUT2D eigenvalue weighted by Gasteiger charge is 2.13. The van der Waals surface area contributed by atoms with Gasteiger partial charge < -0.3 is 9.47 Å². The minimum atomic E-state index is -0.545. The lowest BCUT2D eigenvalue weighted by molar-refractivity contribution is -0.131. The number of ether oxygens (including phenoxy) is 2. The van der Waals surface area contributed by atoms with Crippen LogP contribution in [0, 0.1) is 0 Å². The fourth-order valence-electron chi connectivity index (χ4n) is 1.09. The van der Waals surface area contributed by atoms with Crippen LogP contribution in [0.2, 0.25) is 0 Å². The van der Waals surface area contributed by atoms with E-state index in [9.17, 15) is 9.59 Å². The molecule has 0 N–H and O–H groups in total. The Morgan fingerprint density at radius 1 is 1.38 bits per heavy atom. The molecule has 1 rings (SSSR count). The van der Waals surface area contributed by atoms with E-state index in [-0.39, 0.29) is 17.9 Å². The molecule has 0 aliphatic carbocycles. The van der Waals surface area contributed by atoms with E-state index in [1.807, 2.05) is 0 Å². The highest BCUT2D eigenvalue weighted by molar-refractivity contribution is 5.93. The summed E-state index contributed by atoms with van der Waals surface area (Å²) < 4.78 is 9.73. The van der Waals surface area contributed by atoms with E-state index < -0.39 is 11.9 Å². The average Bonchev–Trinajstić information content (AvgIpc) is 2.26. The zero-order valence-electron chi connectivity index (χ0n) is 8.93. The number of para-hydroxylation sites is 1. The molecule has 0 unspecified atom stereocenters. The molecule has 1 aromatic carbocycles. The first kappa shape index (κ1) is 12.0. The van der Waals surface area contributed by atoms with E-state index in [1.54, 1.807) is 12.1 Å². The third-order valence-corrected chi connectivity index (χ3v) is 1.69. The van der Waals surface area contributed by atoms with Crippen LogP contribution >= 0.6 is 0 Å². The molecule has 0 radical (unpaired) electrons. The number of benzene rings is 1. The summed E-state index contributed by atoms with van der Waals surface area (Å²) in [5.41, 5.74) is 0.222. The molecule has 0 heterocycles. The lowest BCUT2D eigenvalue weighted by Gasteiger charge is -2.07. The second-order valence-corrected chi connectivity index (χ2v) is 2.98. The van der Waals surface area contributed by atoms with Crippen molar-refractivity contribution >= 4 is 11.9 Å². The lowest BCUT2D eigenvalue weighted by Crippen LogP contribution is -2.10. The van der Waals surface area contributed by atoms with Gasteiger partial charge in [0.25, 0.3) is 0 Å². The summed E-state index contributed by atoms with van der Waals surface area (Å²) in [6.07, 6.45) is 1.46. The van der Waals surface area contributed by atoms with E-state index in [4.69, 9.17) is 9.47 Å². The largest absolute Gasteiger partial charge is 0.458 e. The number of hydrogen-bond donors (Lipinski definition) is 0. The Morgan fingerprint density at radius 2 is 2.06 bits per heavy atom. The van der Waals surface area contributed by atoms with Crippen molar-refractivity contribution in [3.05, 3.63) is 42.5 Å². The Bertz CT molecular complexity index is 409. The standard InChI is InChI=1S/C12H12O4/c1-3-8-15-12(14)10-6-4-5-7-11(10)16-9(2)13/h3-7H,1,8H2,2H3. The van der Waals surface area contributed by atoms with Crippen molar-refractivity contribution in [2.45, 2.75) is 6.92 Å². The molecule has 84 valence electrons. The Labute approximate surface area is 93.5 Å². The third-order valence-electron chi connectivity index (χ3n) is 1.69. The molecule has 0 aromatic heterocycles. The summed E-state index contributed by atoms with van der Waals surface area (Å²) in [5, 5.41) is 0. The highest BCUT2D eigenvalue weighted by Crippen LogP contribution is 2.19. The van der Waals surface area contributed by atoms with E-state index in [0.717, 1.165) is 0 Å². The second-order valence-electron chi connectivity index (χ2n) is 2.98. The van der Waals surface area contributed by atoms with Crippen molar-refractivity contribution in [3.8, 4) is 5.75 Å². The van der Waals surface area contributed by atoms with Crippen LogP contribution in [0.5, 0.6) is 5.75 Å². The summed E-state index contributed by atoms with van der Waals surface area (Å²) in [4.78, 5) is 22.4. The topological polar surface area (TPSA) is 52.6 Å². The first-order chi connectivity index (χ1) is 7.65. The van der Waals surface area contributed by atoms with Gasteiger partial charge in [-0.05, 0) is 12.1 Å². The van der Waals surface area contributed by atoms with Crippen LogP contribution in [-0.4, -0.2) is 18.5 Å². The van der Waals surface area contributed by atoms with Crippen LogP contribution in [0.25, 0.3) is 0 Å². The van der Waals surface area contributed by atoms with E-state index in [1.165, 1.54) is 25.1 Å². The number of carbonyl (C=O) groups excluding carboxylic acids is 2. The smallest absolute Gasteiger partial charge is 0.342 e. The maximum Gasteiger partial charge on any atom is 0.342 e. The number of esters is 2. The summed E-state index contributed by atoms with van der Waals surface area (Å²) in [6, 6.07) is 6.40. The molecule has 0 saturated carbocycles. The van der Waals surface area contributed by atoms with Crippen molar-refractivity contribution in [1.29, 1.82) is 0 Å². The van der Waals surface area contributed by atoms with Gasteiger partial charge in [-0.15, -0.1) is 0 Å². The fourth-order valence-corrected chi connectivity index (χ4v) is 1.09. The summed E-state index contributed by atoms with van der Waals surface area (Å²) in [5.74, 6) is -0.829. The molecular weight excluding hydrogens is 208 g/mol. The zero-order valence-corrected chi connectivity index (χ0v) is 8.93. The number of carbonyl (C=O) groups is 2. The Kier molecular flexibility index (Phi) is 4.27. The van der Waals surface area contributed by atoms with Gasteiger partial charge in [-0.3, -0.25) is 4.79 Å². The third kappa shape index (κ3) is 3.24. The van der Waals surface area contributed by atoms with Gasteiger partial charge in [-0.25, -0.2) is 4.79 Å². The van der Waals surface area contributed by atoms with Crippen molar-refractivity contribution in [3.63, 3.8) is 0 Å². The molecule has 0 saturated heterocycles. The quantitative estimate of drug-likeness (QED) is 0.442. The van der Waals surface area contributed by atoms with Gasteiger partial charge >= 0.3 is 11.9 Å². The molecule has 0 aliphatic heterocycles. The molecule has 0 aliphatic rings.